The number of amides is 7. The van der Waals surface area contributed by atoms with Gasteiger partial charge in [0.25, 0.3) is 11.8 Å². The summed E-state index contributed by atoms with van der Waals surface area (Å²) < 4.78 is 22.9. The summed E-state index contributed by atoms with van der Waals surface area (Å²) >= 11 is 0. The topological polar surface area (TPSA) is 262 Å². The molecule has 366 valence electrons. The predicted molar refractivity (Wildman–Crippen MR) is 240 cm³/mol. The van der Waals surface area contributed by atoms with Gasteiger partial charge in [-0.2, -0.15) is 0 Å². The van der Waals surface area contributed by atoms with E-state index in [0.29, 0.717) is 62.2 Å². The van der Waals surface area contributed by atoms with Crippen LogP contribution in [0.1, 0.15) is 57.9 Å². The molecule has 6 atom stereocenters. The number of carbonyl (C=O) groups is 8. The van der Waals surface area contributed by atoms with E-state index >= 15 is 0 Å². The molecule has 0 aliphatic carbocycles. The van der Waals surface area contributed by atoms with Gasteiger partial charge in [0.1, 0.15) is 6.54 Å². The van der Waals surface area contributed by atoms with E-state index in [-0.39, 0.29) is 127 Å². The number of benzene rings is 1. The maximum atomic E-state index is 13.7. The molecule has 0 aromatic heterocycles. The van der Waals surface area contributed by atoms with Crippen molar-refractivity contribution in [2.45, 2.75) is 77.2 Å². The Bertz CT molecular complexity index is 1870. The Hall–Kier alpha value is -5.28. The second kappa shape index (κ2) is 25.6. The smallest absolute Gasteiger partial charge is 0.312 e. The van der Waals surface area contributed by atoms with Crippen LogP contribution in [-0.2, 0) is 59.1 Å². The Morgan fingerprint density at radius 1 is 0.879 bits per heavy atom. The fourth-order valence-corrected chi connectivity index (χ4v) is 8.86. The average molecular weight is 928 g/mol. The van der Waals surface area contributed by atoms with Gasteiger partial charge in [0.2, 0.25) is 17.7 Å². The minimum absolute atomic E-state index is 0. The molecule has 20 heteroatoms. The second-order valence-corrected chi connectivity index (χ2v) is 17.8. The minimum atomic E-state index is -0.972. The zero-order valence-electron chi connectivity index (χ0n) is 38.7. The number of Topliss-reactive ketones (excluding diaryl/α,β-unsaturated/α-hetero) is 1. The average Bonchev–Trinajstić information content (AvgIpc) is 3.98. The monoisotopic (exact) mass is 927 g/mol. The second-order valence-electron chi connectivity index (χ2n) is 17.8. The number of carboxylic acids is 1. The molecule has 0 spiro atoms. The number of fused-ring (bicyclic) bond motifs is 2. The van der Waals surface area contributed by atoms with Crippen molar-refractivity contribution in [3.8, 4) is 0 Å². The molecule has 1 aromatic carbocycles. The Kier molecular flexibility index (Phi) is 20.7. The SMILES string of the molecule is CC(C)[C@H](NC(=O)CCOCCOCCOCCN1C(=O)C=CC1=O)C(=O)C[C@@H](CCCNC(N)=O)C(=O)Nc1ccc(C[N+]2(C)CCN(C(=O)C3C4CCC(O4)C3C(=O)O)CC2)cc1.[CH3-]. The molecule has 5 rings (SSSR count). The van der Waals surface area contributed by atoms with E-state index in [2.05, 4.69) is 23.0 Å². The van der Waals surface area contributed by atoms with Crippen LogP contribution in [0.2, 0.25) is 0 Å². The lowest BCUT2D eigenvalue weighted by molar-refractivity contribution is -0.926. The van der Waals surface area contributed by atoms with Crippen molar-refractivity contribution in [3.63, 3.8) is 0 Å². The van der Waals surface area contributed by atoms with Crippen LogP contribution < -0.4 is 21.7 Å². The number of anilines is 1. The zero-order valence-corrected chi connectivity index (χ0v) is 38.7. The molecule has 2 bridgehead atoms. The first-order valence-corrected chi connectivity index (χ1v) is 22.6. The molecule has 4 aliphatic heterocycles. The Labute approximate surface area is 386 Å². The highest BCUT2D eigenvalue weighted by Crippen LogP contribution is 2.44. The number of rotatable bonds is 27. The number of nitrogens with zero attached hydrogens (tertiary/aromatic N) is 3. The number of hydrogen-bond acceptors (Lipinski definition) is 12. The van der Waals surface area contributed by atoms with Crippen molar-refractivity contribution in [1.82, 2.24) is 20.4 Å². The maximum absolute atomic E-state index is 13.7. The third kappa shape index (κ3) is 15.4. The number of nitrogens with one attached hydrogen (secondary N) is 3. The molecule has 1 aromatic rings. The Morgan fingerprint density at radius 2 is 1.47 bits per heavy atom. The number of carboxylic acid groups (broad SMARTS) is 1. The quantitative estimate of drug-likeness (QED) is 0.0361. The number of urea groups is 1. The molecule has 66 heavy (non-hydrogen) atoms. The third-order valence-corrected chi connectivity index (χ3v) is 12.5. The predicted octanol–water partition coefficient (Wildman–Crippen LogP) is 1.27. The van der Waals surface area contributed by atoms with Gasteiger partial charge in [0.15, 0.2) is 5.78 Å². The molecule has 20 nitrogen and oxygen atoms in total. The Balaban J connectivity index is 0.00000952. The van der Waals surface area contributed by atoms with Crippen LogP contribution in [0.5, 0.6) is 0 Å². The molecular weight excluding hydrogens is 859 g/mol. The van der Waals surface area contributed by atoms with E-state index in [0.717, 1.165) is 10.5 Å². The van der Waals surface area contributed by atoms with Crippen molar-refractivity contribution in [1.29, 1.82) is 0 Å². The number of imide groups is 1. The summed E-state index contributed by atoms with van der Waals surface area (Å²) in [4.78, 5) is 103. The van der Waals surface area contributed by atoms with Gasteiger partial charge in [-0.3, -0.25) is 38.5 Å². The van der Waals surface area contributed by atoms with E-state index in [1.807, 2.05) is 26.0 Å². The van der Waals surface area contributed by atoms with Gasteiger partial charge in [0.05, 0.1) is 109 Å². The lowest BCUT2D eigenvalue weighted by Crippen LogP contribution is -2.59. The van der Waals surface area contributed by atoms with Crippen molar-refractivity contribution >= 4 is 53.0 Å². The minimum Gasteiger partial charge on any atom is -0.481 e. The normalized spacial score (nSPS) is 21.6. The molecule has 3 saturated heterocycles. The summed E-state index contributed by atoms with van der Waals surface area (Å²) in [5.74, 6) is -5.34. The standard InChI is InChI=1S/C45H65N7O13.CH3/c1-29(2)41(49-36(54)14-21-62-23-25-64-26-24-63-22-18-51-37(55)12-13-38(51)56)33(53)27-31(5-4-15-47-45(46)61)42(57)48-32-8-6-30(7-9-32)28-52(3)19-16-50(17-20-52)43(58)39-34-10-11-35(65-34)40(39)44(59)60;/h6-9,12-13,29,31,34-35,39-41H,4-5,10-11,14-28H2,1-3H3,(H5-,46,47,48,49,54,57,59,60,61);1H3/q;-1/p+1/t31-,34?,35?,39?,40?,41+;/m1./s1. The fourth-order valence-electron chi connectivity index (χ4n) is 8.86. The summed E-state index contributed by atoms with van der Waals surface area (Å²) in [5.41, 5.74) is 6.80. The number of nitrogens with two attached hydrogens (primary N) is 1. The number of ether oxygens (including phenoxy) is 4. The first-order valence-electron chi connectivity index (χ1n) is 22.6. The fraction of sp³-hybridized carbons (Fsp3) is 0.630. The van der Waals surface area contributed by atoms with Crippen LogP contribution in [0.25, 0.3) is 0 Å². The number of primary amides is 1. The van der Waals surface area contributed by atoms with Gasteiger partial charge in [-0.1, -0.05) is 26.0 Å². The van der Waals surface area contributed by atoms with Crippen LogP contribution in [0.4, 0.5) is 10.5 Å². The first kappa shape index (κ1) is 53.3. The molecule has 3 fully saturated rings. The van der Waals surface area contributed by atoms with Gasteiger partial charge in [-0.25, -0.2) is 4.79 Å². The van der Waals surface area contributed by atoms with Crippen molar-refractivity contribution in [3.05, 3.63) is 49.4 Å². The summed E-state index contributed by atoms with van der Waals surface area (Å²) in [6.45, 7) is 8.42. The lowest BCUT2D eigenvalue weighted by Gasteiger charge is -2.43. The van der Waals surface area contributed by atoms with E-state index in [1.165, 1.54) is 12.2 Å². The molecule has 4 aliphatic rings. The number of hydrogen-bond donors (Lipinski definition) is 5. The number of aliphatic carboxylic acids is 1. The number of ketones is 1. The van der Waals surface area contributed by atoms with Gasteiger partial charge >= 0.3 is 12.0 Å². The number of carbonyl (C=O) groups excluding carboxylic acids is 7. The number of piperazine rings is 1. The van der Waals surface area contributed by atoms with Crippen molar-refractivity contribution in [2.75, 3.05) is 91.3 Å². The molecule has 7 amide bonds. The van der Waals surface area contributed by atoms with E-state index in [1.54, 1.807) is 17.0 Å². The number of quaternary nitrogens is 1. The molecular formula is C46H69N7O13. The van der Waals surface area contributed by atoms with Crippen LogP contribution in [-0.4, -0.2) is 171 Å². The van der Waals surface area contributed by atoms with E-state index < -0.39 is 41.9 Å². The lowest BCUT2D eigenvalue weighted by atomic mass is 9.78. The Morgan fingerprint density at radius 3 is 2.06 bits per heavy atom. The van der Waals surface area contributed by atoms with Crippen LogP contribution in [0.3, 0.4) is 0 Å². The highest BCUT2D eigenvalue weighted by molar-refractivity contribution is 6.12. The van der Waals surface area contributed by atoms with Gasteiger partial charge in [-0.15, -0.1) is 0 Å². The van der Waals surface area contributed by atoms with E-state index in [9.17, 15) is 43.5 Å². The van der Waals surface area contributed by atoms with Gasteiger partial charge < -0.3 is 62.5 Å². The highest BCUT2D eigenvalue weighted by Gasteiger charge is 2.56. The summed E-state index contributed by atoms with van der Waals surface area (Å²) in [7, 11) is 2.13. The van der Waals surface area contributed by atoms with Crippen LogP contribution in [0.15, 0.2) is 36.4 Å². The molecule has 0 saturated carbocycles. The number of likely N-dealkylation sites (N-methyl/N-ethyl adjacent to an activating group) is 1. The summed E-state index contributed by atoms with van der Waals surface area (Å²) in [6.07, 6.45) is 3.62. The van der Waals surface area contributed by atoms with Crippen molar-refractivity contribution < 1.29 is 66.9 Å². The maximum Gasteiger partial charge on any atom is 0.312 e. The third-order valence-electron chi connectivity index (χ3n) is 12.5. The molecule has 6 N–H and O–H groups in total. The van der Waals surface area contributed by atoms with Gasteiger partial charge in [0, 0.05) is 48.7 Å². The van der Waals surface area contributed by atoms with Crippen LogP contribution in [0, 0.1) is 31.1 Å². The summed E-state index contributed by atoms with van der Waals surface area (Å²) in [6, 6.07) is 5.93. The summed E-state index contributed by atoms with van der Waals surface area (Å²) in [5, 5.41) is 18.1. The molecule has 0 radical (unpaired) electrons. The molecule has 4 unspecified atom stereocenters. The van der Waals surface area contributed by atoms with Crippen molar-refractivity contribution in [2.24, 2.45) is 29.4 Å². The molecule has 4 heterocycles. The first-order chi connectivity index (χ1) is 31.0. The van der Waals surface area contributed by atoms with E-state index in [4.69, 9.17) is 24.7 Å². The van der Waals surface area contributed by atoms with Gasteiger partial charge in [-0.05, 0) is 43.7 Å². The largest absolute Gasteiger partial charge is 0.481 e. The zero-order chi connectivity index (χ0) is 47.1. The highest BCUT2D eigenvalue weighted by atomic mass is 16.5. The van der Waals surface area contributed by atoms with Crippen LogP contribution >= 0.6 is 0 Å².